The Labute approximate surface area is 182 Å². The minimum Gasteiger partial charge on any atom is -0.371 e. The molecule has 0 saturated heterocycles. The Kier molecular flexibility index (Phi) is 5.39. The lowest BCUT2D eigenvalue weighted by Gasteiger charge is -2.32. The van der Waals surface area contributed by atoms with Gasteiger partial charge in [0.05, 0.1) is 0 Å². The van der Waals surface area contributed by atoms with Gasteiger partial charge in [-0.2, -0.15) is 4.39 Å². The zero-order valence-electron chi connectivity index (χ0n) is 18.1. The summed E-state index contributed by atoms with van der Waals surface area (Å²) in [5.74, 6) is -0.506. The number of allylic oxidation sites excluding steroid dienone is 2. The van der Waals surface area contributed by atoms with Crippen LogP contribution in [-0.2, 0) is 18.3 Å². The molecule has 0 aliphatic carbocycles. The maximum atomic E-state index is 13.7. The molecule has 0 spiro atoms. The fourth-order valence-electron chi connectivity index (χ4n) is 4.62. The van der Waals surface area contributed by atoms with Gasteiger partial charge in [-0.3, -0.25) is 4.79 Å². The third-order valence-corrected chi connectivity index (χ3v) is 6.16. The Morgan fingerprint density at radius 1 is 1.19 bits per heavy atom. The van der Waals surface area contributed by atoms with Crippen molar-refractivity contribution in [2.45, 2.75) is 19.8 Å². The minimum atomic E-state index is -0.479. The molecule has 0 atom stereocenters. The van der Waals surface area contributed by atoms with E-state index in [2.05, 4.69) is 29.6 Å². The summed E-state index contributed by atoms with van der Waals surface area (Å²) in [6, 6.07) is 3.18. The van der Waals surface area contributed by atoms with Crippen LogP contribution in [-0.4, -0.2) is 44.9 Å². The van der Waals surface area contributed by atoms with Crippen LogP contribution in [0.3, 0.4) is 0 Å². The second-order valence-corrected chi connectivity index (χ2v) is 7.86. The van der Waals surface area contributed by atoms with Gasteiger partial charge in [-0.1, -0.05) is 38.0 Å². The summed E-state index contributed by atoms with van der Waals surface area (Å²) in [5, 5.41) is 0.924. The van der Waals surface area contributed by atoms with E-state index in [9.17, 15) is 9.18 Å². The fraction of sp³-hybridized carbons (Fsp3) is 0.280. The molecule has 2 aromatic heterocycles. The Hall–Kier alpha value is -3.41. The van der Waals surface area contributed by atoms with Gasteiger partial charge in [0.1, 0.15) is 5.65 Å². The highest BCUT2D eigenvalue weighted by Crippen LogP contribution is 2.35. The van der Waals surface area contributed by atoms with Crippen LogP contribution in [0.4, 0.5) is 4.39 Å². The lowest BCUT2D eigenvalue weighted by Crippen LogP contribution is -2.33. The van der Waals surface area contributed by atoms with Gasteiger partial charge in [0, 0.05) is 72.3 Å². The van der Waals surface area contributed by atoms with Gasteiger partial charge in [0.15, 0.2) is 0 Å². The number of nitrogens with zero attached hydrogens (tertiary/aromatic N) is 4. The predicted molar refractivity (Wildman–Crippen MR) is 122 cm³/mol. The standard InChI is InChI=1S/C25H27FN4O/c1-6-9-19-18(7-2)16(3)30(25(19)31)14-8-13-29-15-12-21-23(17(29)4)20-10-11-22(26)27-24(20)28(21)5/h6-7,9-11H,2-4,8,12-15H2,1,5H3/b9-6-. The summed E-state index contributed by atoms with van der Waals surface area (Å²) in [7, 11) is 1.92. The van der Waals surface area contributed by atoms with Crippen LogP contribution in [0.2, 0.25) is 0 Å². The number of aromatic nitrogens is 2. The van der Waals surface area contributed by atoms with Crippen LogP contribution in [0.15, 0.2) is 66.9 Å². The number of hydrogen-bond acceptors (Lipinski definition) is 3. The van der Waals surface area contributed by atoms with Crippen LogP contribution in [0.25, 0.3) is 16.7 Å². The molecule has 160 valence electrons. The molecule has 0 fully saturated rings. The van der Waals surface area contributed by atoms with Gasteiger partial charge < -0.3 is 14.4 Å². The summed E-state index contributed by atoms with van der Waals surface area (Å²) in [6.45, 7) is 16.3. The quantitative estimate of drug-likeness (QED) is 0.655. The van der Waals surface area contributed by atoms with Crippen molar-refractivity contribution in [1.29, 1.82) is 0 Å². The average Bonchev–Trinajstić information content (AvgIpc) is 3.15. The molecular formula is C25H27FN4O. The normalized spacial score (nSPS) is 16.9. The summed E-state index contributed by atoms with van der Waals surface area (Å²) >= 11 is 0. The average molecular weight is 419 g/mol. The Morgan fingerprint density at radius 2 is 1.97 bits per heavy atom. The topological polar surface area (TPSA) is 41.4 Å². The molecule has 31 heavy (non-hydrogen) atoms. The lowest BCUT2D eigenvalue weighted by atomic mass is 10.0. The molecular weight excluding hydrogens is 391 g/mol. The van der Waals surface area contributed by atoms with E-state index in [4.69, 9.17) is 0 Å². The van der Waals surface area contributed by atoms with Crippen molar-refractivity contribution in [3.63, 3.8) is 0 Å². The lowest BCUT2D eigenvalue weighted by molar-refractivity contribution is -0.124. The van der Waals surface area contributed by atoms with Crippen molar-refractivity contribution in [2.75, 3.05) is 19.6 Å². The first-order valence-electron chi connectivity index (χ1n) is 10.5. The number of halogens is 1. The van der Waals surface area contributed by atoms with Crippen molar-refractivity contribution >= 4 is 22.6 Å². The molecule has 2 aromatic rings. The van der Waals surface area contributed by atoms with Gasteiger partial charge in [0.2, 0.25) is 5.95 Å². The Balaban J connectivity index is 1.47. The van der Waals surface area contributed by atoms with Crippen LogP contribution < -0.4 is 0 Å². The van der Waals surface area contributed by atoms with Crippen molar-refractivity contribution in [2.24, 2.45) is 7.05 Å². The molecule has 1 amide bonds. The highest BCUT2D eigenvalue weighted by atomic mass is 19.1. The van der Waals surface area contributed by atoms with Gasteiger partial charge in [-0.25, -0.2) is 4.98 Å². The van der Waals surface area contributed by atoms with Gasteiger partial charge in [-0.05, 0) is 25.5 Å². The van der Waals surface area contributed by atoms with Crippen LogP contribution in [0, 0.1) is 5.95 Å². The number of rotatable bonds is 6. The maximum absolute atomic E-state index is 13.7. The maximum Gasteiger partial charge on any atom is 0.258 e. The fourth-order valence-corrected chi connectivity index (χ4v) is 4.62. The summed E-state index contributed by atoms with van der Waals surface area (Å²) in [5.41, 5.74) is 5.89. The van der Waals surface area contributed by atoms with Gasteiger partial charge >= 0.3 is 0 Å². The summed E-state index contributed by atoms with van der Waals surface area (Å²) < 4.78 is 15.6. The van der Waals surface area contributed by atoms with Gasteiger partial charge in [0.25, 0.3) is 5.91 Å². The zero-order chi connectivity index (χ0) is 22.3. The summed E-state index contributed by atoms with van der Waals surface area (Å²) in [6.07, 6.45) is 6.99. The zero-order valence-corrected chi connectivity index (χ0v) is 18.1. The molecule has 4 rings (SSSR count). The first-order chi connectivity index (χ1) is 14.9. The third-order valence-electron chi connectivity index (χ3n) is 6.16. The Bertz CT molecular complexity index is 1180. The van der Waals surface area contributed by atoms with E-state index in [1.807, 2.05) is 30.7 Å². The van der Waals surface area contributed by atoms with E-state index in [-0.39, 0.29) is 5.91 Å². The first-order valence-corrected chi connectivity index (χ1v) is 10.5. The number of hydrogen-bond donors (Lipinski definition) is 0. The van der Waals surface area contributed by atoms with Crippen molar-refractivity contribution < 1.29 is 9.18 Å². The molecule has 4 heterocycles. The molecule has 0 saturated carbocycles. The number of pyridine rings is 1. The minimum absolute atomic E-state index is 0.0279. The van der Waals surface area contributed by atoms with E-state index in [0.29, 0.717) is 23.5 Å². The second-order valence-electron chi connectivity index (χ2n) is 7.86. The highest BCUT2D eigenvalue weighted by molar-refractivity contribution is 6.03. The number of aryl methyl sites for hydroxylation is 1. The monoisotopic (exact) mass is 418 g/mol. The van der Waals surface area contributed by atoms with Crippen molar-refractivity contribution in [3.8, 4) is 0 Å². The summed E-state index contributed by atoms with van der Waals surface area (Å²) in [4.78, 5) is 20.8. The molecule has 0 bridgehead atoms. The second kappa shape index (κ2) is 8.02. The molecule has 0 aromatic carbocycles. The van der Waals surface area contributed by atoms with E-state index in [1.54, 1.807) is 17.0 Å². The highest BCUT2D eigenvalue weighted by Gasteiger charge is 2.31. The van der Waals surface area contributed by atoms with E-state index < -0.39 is 5.95 Å². The molecule has 0 unspecified atom stereocenters. The van der Waals surface area contributed by atoms with Crippen LogP contribution in [0.5, 0.6) is 0 Å². The van der Waals surface area contributed by atoms with E-state index >= 15 is 0 Å². The molecule has 0 N–H and O–H groups in total. The van der Waals surface area contributed by atoms with Gasteiger partial charge in [-0.15, -0.1) is 0 Å². The molecule has 2 aliphatic heterocycles. The van der Waals surface area contributed by atoms with E-state index in [0.717, 1.165) is 53.8 Å². The predicted octanol–water partition coefficient (Wildman–Crippen LogP) is 4.35. The molecule has 0 radical (unpaired) electrons. The van der Waals surface area contributed by atoms with E-state index in [1.165, 1.54) is 6.07 Å². The van der Waals surface area contributed by atoms with Crippen molar-refractivity contribution in [3.05, 3.63) is 84.1 Å². The number of amides is 1. The molecule has 5 nitrogen and oxygen atoms in total. The van der Waals surface area contributed by atoms with Crippen LogP contribution >= 0.6 is 0 Å². The Morgan fingerprint density at radius 3 is 2.68 bits per heavy atom. The molecule has 6 heteroatoms. The number of fused-ring (bicyclic) bond motifs is 3. The SMILES string of the molecule is C=CC1=C(/C=C\C)C(=O)N(CCCN2CCc3c(c4ccc(F)nc4n3C)C2=C)C1=C. The molecule has 2 aliphatic rings. The van der Waals surface area contributed by atoms with Crippen LogP contribution in [0.1, 0.15) is 24.6 Å². The number of carbonyl (C=O) groups excluding carboxylic acids is 1. The third kappa shape index (κ3) is 3.32. The smallest absolute Gasteiger partial charge is 0.258 e. The largest absolute Gasteiger partial charge is 0.371 e. The first kappa shape index (κ1) is 20.8. The number of carbonyl (C=O) groups is 1. The van der Waals surface area contributed by atoms with Crippen molar-refractivity contribution in [1.82, 2.24) is 19.4 Å².